The maximum Gasteiger partial charge on any atom is 0.417 e. The van der Waals surface area contributed by atoms with Crippen molar-refractivity contribution >= 4 is 5.97 Å². The first-order valence-corrected chi connectivity index (χ1v) is 4.85. The van der Waals surface area contributed by atoms with Crippen LogP contribution >= 0.6 is 0 Å². The SMILES string of the molecule is N[C@H](c1cc(C(=O)O)c(C(F)(F)F)cc1O)C(F)(F)F. The van der Waals surface area contributed by atoms with E-state index in [0.29, 0.717) is 0 Å². The minimum absolute atomic E-state index is 0.0681. The molecular formula is C10H7F6NO3. The van der Waals surface area contributed by atoms with Crippen LogP contribution in [0, 0.1) is 0 Å². The molecule has 0 unspecified atom stereocenters. The van der Waals surface area contributed by atoms with E-state index in [9.17, 15) is 36.2 Å². The highest BCUT2D eigenvalue weighted by atomic mass is 19.4. The van der Waals surface area contributed by atoms with Gasteiger partial charge in [0.05, 0.1) is 11.1 Å². The van der Waals surface area contributed by atoms with E-state index >= 15 is 0 Å². The number of halogens is 6. The number of phenols is 1. The van der Waals surface area contributed by atoms with E-state index in [0.717, 1.165) is 0 Å². The molecule has 4 nitrogen and oxygen atoms in total. The van der Waals surface area contributed by atoms with Crippen LogP contribution in [0.1, 0.15) is 27.5 Å². The minimum atomic E-state index is -5.15. The highest BCUT2D eigenvalue weighted by Gasteiger charge is 2.42. The summed E-state index contributed by atoms with van der Waals surface area (Å²) in [6.07, 6.45) is -10.2. The Morgan fingerprint density at radius 1 is 1.15 bits per heavy atom. The monoisotopic (exact) mass is 303 g/mol. The number of rotatable bonds is 2. The highest BCUT2D eigenvalue weighted by molar-refractivity contribution is 5.90. The summed E-state index contributed by atoms with van der Waals surface area (Å²) in [5, 5.41) is 17.8. The lowest BCUT2D eigenvalue weighted by atomic mass is 9.98. The molecule has 0 bridgehead atoms. The van der Waals surface area contributed by atoms with Gasteiger partial charge in [-0.25, -0.2) is 4.79 Å². The normalized spacial score (nSPS) is 14.2. The second-order valence-electron chi connectivity index (χ2n) is 3.78. The first-order chi connectivity index (χ1) is 8.85. The van der Waals surface area contributed by atoms with E-state index in [4.69, 9.17) is 10.8 Å². The average molecular weight is 303 g/mol. The Bertz CT molecular complexity index is 537. The maximum atomic E-state index is 12.5. The zero-order valence-corrected chi connectivity index (χ0v) is 9.38. The second-order valence-corrected chi connectivity index (χ2v) is 3.78. The first-order valence-electron chi connectivity index (χ1n) is 4.85. The van der Waals surface area contributed by atoms with Gasteiger partial charge in [0.2, 0.25) is 0 Å². The summed E-state index contributed by atoms with van der Waals surface area (Å²) in [6, 6.07) is -2.83. The van der Waals surface area contributed by atoms with E-state index in [-0.39, 0.29) is 12.1 Å². The zero-order valence-electron chi connectivity index (χ0n) is 9.38. The van der Waals surface area contributed by atoms with Gasteiger partial charge in [0, 0.05) is 5.56 Å². The lowest BCUT2D eigenvalue weighted by Crippen LogP contribution is -2.29. The smallest absolute Gasteiger partial charge is 0.417 e. The summed E-state index contributed by atoms with van der Waals surface area (Å²) in [5.74, 6) is -3.47. The van der Waals surface area contributed by atoms with E-state index < -0.39 is 46.8 Å². The highest BCUT2D eigenvalue weighted by Crippen LogP contribution is 2.40. The number of nitrogens with two attached hydrogens (primary N) is 1. The van der Waals surface area contributed by atoms with Crippen molar-refractivity contribution in [1.82, 2.24) is 0 Å². The Kier molecular flexibility index (Phi) is 3.90. The van der Waals surface area contributed by atoms with Crippen molar-refractivity contribution in [3.8, 4) is 5.75 Å². The quantitative estimate of drug-likeness (QED) is 0.733. The van der Waals surface area contributed by atoms with Crippen LogP contribution < -0.4 is 5.73 Å². The van der Waals surface area contributed by atoms with Crippen LogP contribution in [0.25, 0.3) is 0 Å². The van der Waals surface area contributed by atoms with Crippen molar-refractivity contribution in [2.75, 3.05) is 0 Å². The molecule has 0 aliphatic rings. The van der Waals surface area contributed by atoms with Gasteiger partial charge in [-0.05, 0) is 12.1 Å². The minimum Gasteiger partial charge on any atom is -0.508 e. The van der Waals surface area contributed by atoms with Crippen molar-refractivity contribution in [2.24, 2.45) is 5.73 Å². The molecule has 1 atom stereocenters. The molecule has 1 aromatic carbocycles. The standard InChI is InChI=1S/C10H7F6NO3/c11-9(12,13)5-2-6(18)4(1-3(5)8(19)20)7(17)10(14,15)16/h1-2,7,18H,17H2,(H,19,20)/t7-/m1/s1. The van der Waals surface area contributed by atoms with E-state index in [1.165, 1.54) is 0 Å². The van der Waals surface area contributed by atoms with E-state index in [2.05, 4.69) is 0 Å². The Labute approximate surface area is 107 Å². The first kappa shape index (κ1) is 16.1. The van der Waals surface area contributed by atoms with Crippen LogP contribution in [0.3, 0.4) is 0 Å². The predicted octanol–water partition coefficient (Wildman–Crippen LogP) is 2.67. The summed E-state index contributed by atoms with van der Waals surface area (Å²) in [7, 11) is 0. The molecule has 0 saturated carbocycles. The van der Waals surface area contributed by atoms with Gasteiger partial charge in [-0.15, -0.1) is 0 Å². The molecule has 20 heavy (non-hydrogen) atoms. The van der Waals surface area contributed by atoms with Gasteiger partial charge < -0.3 is 15.9 Å². The Balaban J connectivity index is 3.54. The number of carboxylic acid groups (broad SMARTS) is 1. The molecule has 112 valence electrons. The molecule has 4 N–H and O–H groups in total. The third-order valence-electron chi connectivity index (χ3n) is 2.39. The molecule has 10 heteroatoms. The summed E-state index contributed by atoms with van der Waals surface area (Å²) < 4.78 is 74.7. The number of phenolic OH excluding ortho intramolecular Hbond substituents is 1. The van der Waals surface area contributed by atoms with Gasteiger partial charge in [0.25, 0.3) is 0 Å². The molecule has 0 aliphatic carbocycles. The van der Waals surface area contributed by atoms with Gasteiger partial charge in [0.1, 0.15) is 11.8 Å². The van der Waals surface area contributed by atoms with Gasteiger partial charge in [-0.2, -0.15) is 26.3 Å². The zero-order chi connectivity index (χ0) is 15.9. The van der Waals surface area contributed by atoms with Crippen LogP contribution in [0.2, 0.25) is 0 Å². The lowest BCUT2D eigenvalue weighted by molar-refractivity contribution is -0.149. The molecule has 0 aliphatic heterocycles. The fraction of sp³-hybridized carbons (Fsp3) is 0.300. The lowest BCUT2D eigenvalue weighted by Gasteiger charge is -2.19. The Hall–Kier alpha value is -1.97. The average Bonchev–Trinajstić information content (AvgIpc) is 2.24. The third-order valence-corrected chi connectivity index (χ3v) is 2.39. The molecule has 0 heterocycles. The van der Waals surface area contributed by atoms with Crippen LogP contribution in [0.5, 0.6) is 5.75 Å². The fourth-order valence-corrected chi connectivity index (χ4v) is 1.44. The molecule has 0 spiro atoms. The Morgan fingerprint density at radius 2 is 1.65 bits per heavy atom. The number of carboxylic acids is 1. The summed E-state index contributed by atoms with van der Waals surface area (Å²) in [5.41, 5.74) is 0.403. The molecule has 0 aromatic heterocycles. The number of carbonyl (C=O) groups is 1. The van der Waals surface area contributed by atoms with Gasteiger partial charge in [-0.1, -0.05) is 0 Å². The number of aromatic hydroxyl groups is 1. The van der Waals surface area contributed by atoms with Crippen molar-refractivity contribution in [1.29, 1.82) is 0 Å². The number of hydrogen-bond donors (Lipinski definition) is 3. The number of hydrogen-bond acceptors (Lipinski definition) is 3. The van der Waals surface area contributed by atoms with Crippen LogP contribution in [-0.2, 0) is 6.18 Å². The molecular weight excluding hydrogens is 296 g/mol. The molecule has 0 radical (unpaired) electrons. The van der Waals surface area contributed by atoms with E-state index in [1.54, 1.807) is 0 Å². The molecule has 0 saturated heterocycles. The second kappa shape index (κ2) is 4.85. The molecule has 0 fully saturated rings. The Morgan fingerprint density at radius 3 is 2.00 bits per heavy atom. The number of aromatic carboxylic acids is 1. The molecule has 1 rings (SSSR count). The predicted molar refractivity (Wildman–Crippen MR) is 53.1 cm³/mol. The van der Waals surface area contributed by atoms with Crippen molar-refractivity contribution in [2.45, 2.75) is 18.4 Å². The summed E-state index contributed by atoms with van der Waals surface area (Å²) in [6.45, 7) is 0. The topological polar surface area (TPSA) is 83.6 Å². The van der Waals surface area contributed by atoms with Gasteiger partial charge >= 0.3 is 18.3 Å². The van der Waals surface area contributed by atoms with Crippen LogP contribution in [0.15, 0.2) is 12.1 Å². The number of alkyl halides is 6. The van der Waals surface area contributed by atoms with Crippen molar-refractivity contribution < 1.29 is 41.4 Å². The van der Waals surface area contributed by atoms with Gasteiger partial charge in [-0.3, -0.25) is 0 Å². The van der Waals surface area contributed by atoms with Crippen molar-refractivity contribution in [3.05, 3.63) is 28.8 Å². The summed E-state index contributed by atoms with van der Waals surface area (Å²) >= 11 is 0. The largest absolute Gasteiger partial charge is 0.508 e. The third kappa shape index (κ3) is 3.13. The number of benzene rings is 1. The van der Waals surface area contributed by atoms with Crippen LogP contribution in [-0.4, -0.2) is 22.4 Å². The fourth-order valence-electron chi connectivity index (χ4n) is 1.44. The van der Waals surface area contributed by atoms with Crippen LogP contribution in [0.4, 0.5) is 26.3 Å². The molecule has 1 aromatic rings. The van der Waals surface area contributed by atoms with E-state index in [1.807, 2.05) is 0 Å². The summed E-state index contributed by atoms with van der Waals surface area (Å²) in [4.78, 5) is 10.7. The maximum absolute atomic E-state index is 12.5. The van der Waals surface area contributed by atoms with Gasteiger partial charge in [0.15, 0.2) is 0 Å². The van der Waals surface area contributed by atoms with Crippen molar-refractivity contribution in [3.63, 3.8) is 0 Å². The molecule has 0 amide bonds.